The number of aryl methyl sites for hydroxylation is 1. The van der Waals surface area contributed by atoms with Gasteiger partial charge in [-0.05, 0) is 54.8 Å². The minimum absolute atomic E-state index is 0.0131. The average Bonchev–Trinajstić information content (AvgIpc) is 3.35. The molecule has 0 unspecified atom stereocenters. The van der Waals surface area contributed by atoms with E-state index in [2.05, 4.69) is 4.98 Å². The van der Waals surface area contributed by atoms with Crippen molar-refractivity contribution in [1.29, 1.82) is 0 Å². The van der Waals surface area contributed by atoms with Gasteiger partial charge in [0.2, 0.25) is 5.78 Å². The average molecular weight is 432 g/mol. The van der Waals surface area contributed by atoms with Gasteiger partial charge in [0.15, 0.2) is 11.5 Å². The van der Waals surface area contributed by atoms with Crippen LogP contribution in [0.15, 0.2) is 76.7 Å². The van der Waals surface area contributed by atoms with Crippen molar-refractivity contribution in [1.82, 2.24) is 9.88 Å². The summed E-state index contributed by atoms with van der Waals surface area (Å²) in [6.07, 6.45) is 4.14. The van der Waals surface area contributed by atoms with Gasteiger partial charge in [0.05, 0.1) is 18.2 Å². The quantitative estimate of drug-likeness (QED) is 0.525. The Morgan fingerprint density at radius 2 is 2.06 bits per heavy atom. The van der Waals surface area contributed by atoms with Crippen LogP contribution in [0.2, 0.25) is 0 Å². The molecule has 2 aromatic heterocycles. The first kappa shape index (κ1) is 21.4. The Morgan fingerprint density at radius 1 is 1.22 bits per heavy atom. The number of aromatic nitrogens is 1. The topological polar surface area (TPSA) is 92.9 Å². The van der Waals surface area contributed by atoms with Crippen LogP contribution < -0.4 is 4.74 Å². The minimum atomic E-state index is -0.800. The molecule has 0 aliphatic carbocycles. The predicted molar refractivity (Wildman–Crippen MR) is 117 cm³/mol. The molecule has 7 heteroatoms. The van der Waals surface area contributed by atoms with Crippen molar-refractivity contribution in [2.45, 2.75) is 32.9 Å². The third kappa shape index (κ3) is 4.14. The lowest BCUT2D eigenvalue weighted by atomic mass is 9.94. The summed E-state index contributed by atoms with van der Waals surface area (Å²) in [5.41, 5.74) is 1.42. The van der Waals surface area contributed by atoms with E-state index >= 15 is 0 Å². The minimum Gasteiger partial charge on any atom is -0.503 e. The van der Waals surface area contributed by atoms with Crippen molar-refractivity contribution < 1.29 is 23.8 Å². The molecule has 1 atom stereocenters. The first-order valence-corrected chi connectivity index (χ1v) is 10.5. The molecule has 7 nitrogen and oxygen atoms in total. The van der Waals surface area contributed by atoms with E-state index in [1.165, 1.54) is 4.90 Å². The summed E-state index contributed by atoms with van der Waals surface area (Å²) in [7, 11) is 0. The number of aliphatic hydroxyl groups excluding tert-OH is 1. The lowest BCUT2D eigenvalue weighted by molar-refractivity contribution is -0.130. The number of ether oxygens (including phenoxy) is 1. The summed E-state index contributed by atoms with van der Waals surface area (Å²) in [6.45, 7) is 4.46. The smallest absolute Gasteiger partial charge is 0.290 e. The molecule has 0 fully saturated rings. The number of hydrogen-bond donors (Lipinski definition) is 1. The second kappa shape index (κ2) is 9.09. The fourth-order valence-corrected chi connectivity index (χ4v) is 3.77. The number of furan rings is 1. The van der Waals surface area contributed by atoms with Crippen molar-refractivity contribution in [3.8, 4) is 5.75 Å². The zero-order chi connectivity index (χ0) is 22.7. The van der Waals surface area contributed by atoms with Gasteiger partial charge in [-0.15, -0.1) is 0 Å². The van der Waals surface area contributed by atoms with Crippen LogP contribution in [0.3, 0.4) is 0 Å². The Labute approximate surface area is 186 Å². The third-order valence-electron chi connectivity index (χ3n) is 5.23. The van der Waals surface area contributed by atoms with Crippen LogP contribution in [0.5, 0.6) is 5.75 Å². The molecule has 0 saturated carbocycles. The molecule has 1 aromatic carbocycles. The van der Waals surface area contributed by atoms with E-state index in [-0.39, 0.29) is 17.9 Å². The molecule has 0 spiro atoms. The maximum atomic E-state index is 13.3. The molecule has 32 heavy (non-hydrogen) atoms. The number of pyridine rings is 1. The highest BCUT2D eigenvalue weighted by atomic mass is 16.5. The lowest BCUT2D eigenvalue weighted by Gasteiger charge is -2.27. The summed E-state index contributed by atoms with van der Waals surface area (Å²) >= 11 is 0. The largest absolute Gasteiger partial charge is 0.503 e. The van der Waals surface area contributed by atoms with Gasteiger partial charge in [-0.2, -0.15) is 0 Å². The van der Waals surface area contributed by atoms with E-state index in [1.807, 2.05) is 31.2 Å². The summed E-state index contributed by atoms with van der Waals surface area (Å²) in [5, 5.41) is 10.8. The van der Waals surface area contributed by atoms with Crippen LogP contribution >= 0.6 is 0 Å². The lowest BCUT2D eigenvalue weighted by Crippen LogP contribution is -2.30. The van der Waals surface area contributed by atoms with Gasteiger partial charge in [-0.25, -0.2) is 0 Å². The normalized spacial score (nSPS) is 16.0. The van der Waals surface area contributed by atoms with Crippen molar-refractivity contribution in [3.63, 3.8) is 0 Å². The molecule has 3 aromatic rings. The molecule has 1 N–H and O–H groups in total. The van der Waals surface area contributed by atoms with Gasteiger partial charge >= 0.3 is 0 Å². The number of nitrogens with zero attached hydrogens (tertiary/aromatic N) is 2. The summed E-state index contributed by atoms with van der Waals surface area (Å²) in [4.78, 5) is 32.0. The first-order valence-electron chi connectivity index (χ1n) is 10.5. The Balaban J connectivity index is 1.78. The monoisotopic (exact) mass is 432 g/mol. The van der Waals surface area contributed by atoms with E-state index in [4.69, 9.17) is 9.15 Å². The number of carbonyl (C=O) groups excluding carboxylic acids is 2. The highest BCUT2D eigenvalue weighted by Gasteiger charge is 2.44. The number of amides is 1. The van der Waals surface area contributed by atoms with Gasteiger partial charge in [0.1, 0.15) is 11.5 Å². The highest BCUT2D eigenvalue weighted by molar-refractivity contribution is 6.15. The maximum Gasteiger partial charge on any atom is 0.290 e. The fourth-order valence-electron chi connectivity index (χ4n) is 3.77. The van der Waals surface area contributed by atoms with Crippen LogP contribution in [-0.4, -0.2) is 33.3 Å². The van der Waals surface area contributed by atoms with Crippen LogP contribution in [0, 0.1) is 6.92 Å². The van der Waals surface area contributed by atoms with Crippen molar-refractivity contribution in [2.24, 2.45) is 0 Å². The van der Waals surface area contributed by atoms with Crippen molar-refractivity contribution >= 4 is 11.7 Å². The fraction of sp³-hybridized carbons (Fsp3) is 0.240. The number of ketones is 1. The summed E-state index contributed by atoms with van der Waals surface area (Å²) < 4.78 is 11.2. The van der Waals surface area contributed by atoms with Crippen molar-refractivity contribution in [3.05, 3.63) is 94.9 Å². The van der Waals surface area contributed by atoms with Gasteiger partial charge in [0.25, 0.3) is 5.91 Å². The number of benzene rings is 1. The third-order valence-corrected chi connectivity index (χ3v) is 5.23. The maximum absolute atomic E-state index is 13.3. The van der Waals surface area contributed by atoms with Gasteiger partial charge < -0.3 is 19.2 Å². The first-order chi connectivity index (χ1) is 15.5. The van der Waals surface area contributed by atoms with E-state index < -0.39 is 23.5 Å². The molecular formula is C25H24N2O5. The number of hydrogen-bond acceptors (Lipinski definition) is 6. The van der Waals surface area contributed by atoms with E-state index in [0.29, 0.717) is 23.7 Å². The van der Waals surface area contributed by atoms with E-state index in [1.54, 1.807) is 43.6 Å². The predicted octanol–water partition coefficient (Wildman–Crippen LogP) is 4.55. The Bertz CT molecular complexity index is 1170. The molecular weight excluding hydrogens is 408 g/mol. The van der Waals surface area contributed by atoms with Gasteiger partial charge in [-0.1, -0.05) is 25.1 Å². The molecule has 1 amide bonds. The number of aliphatic hydroxyl groups is 1. The summed E-state index contributed by atoms with van der Waals surface area (Å²) in [6, 6.07) is 13.3. The van der Waals surface area contributed by atoms with E-state index in [9.17, 15) is 14.7 Å². The second-order valence-corrected chi connectivity index (χ2v) is 7.62. The molecule has 1 aliphatic rings. The van der Waals surface area contributed by atoms with Gasteiger partial charge in [0, 0.05) is 18.9 Å². The van der Waals surface area contributed by atoms with Crippen molar-refractivity contribution in [2.75, 3.05) is 6.61 Å². The van der Waals surface area contributed by atoms with Gasteiger partial charge in [-0.3, -0.25) is 14.6 Å². The molecule has 4 rings (SSSR count). The molecule has 164 valence electrons. The number of Topliss-reactive ketones (excluding diaryl/α,β-unsaturated/α-hetero) is 1. The number of rotatable bonds is 8. The Kier molecular flexibility index (Phi) is 6.07. The standard InChI is InChI=1S/C25H24N2O5/c1-3-12-31-19-8-4-7-18(13-19)22-21(23(28)20-10-9-16(2)32-20)24(29)25(30)27(22)15-17-6-5-11-26-14-17/h4-11,13-14,22,29H,3,12,15H2,1-2H3/t22-/m1/s1. The highest BCUT2D eigenvalue weighted by Crippen LogP contribution is 2.40. The molecule has 0 radical (unpaired) electrons. The second-order valence-electron chi connectivity index (χ2n) is 7.62. The molecule has 0 saturated heterocycles. The summed E-state index contributed by atoms with van der Waals surface area (Å²) in [5.74, 6) is -0.448. The zero-order valence-corrected chi connectivity index (χ0v) is 17.9. The van der Waals surface area contributed by atoms with Crippen LogP contribution in [-0.2, 0) is 11.3 Å². The van der Waals surface area contributed by atoms with Crippen LogP contribution in [0.25, 0.3) is 0 Å². The zero-order valence-electron chi connectivity index (χ0n) is 17.9. The molecule has 1 aliphatic heterocycles. The van der Waals surface area contributed by atoms with Crippen LogP contribution in [0.4, 0.5) is 0 Å². The molecule has 3 heterocycles. The Hall–Kier alpha value is -3.87. The number of carbonyl (C=O) groups is 2. The van der Waals surface area contributed by atoms with E-state index in [0.717, 1.165) is 12.0 Å². The SMILES string of the molecule is CCCOc1cccc([C@@H]2C(C(=O)c3ccc(C)o3)=C(O)C(=O)N2Cc2cccnc2)c1. The Morgan fingerprint density at radius 3 is 2.75 bits per heavy atom. The van der Waals surface area contributed by atoms with Crippen LogP contribution in [0.1, 0.15) is 46.8 Å². The molecule has 0 bridgehead atoms.